The molecule has 0 atom stereocenters. The average Bonchev–Trinajstić information content (AvgIpc) is 2.76. The molecule has 3 aromatic carbocycles. The molecule has 1 heterocycles. The van der Waals surface area contributed by atoms with E-state index in [0.29, 0.717) is 0 Å². The van der Waals surface area contributed by atoms with Crippen LogP contribution in [0.1, 0.15) is 5.56 Å². The maximum atomic E-state index is 4.65. The molecule has 0 radical (unpaired) electrons. The summed E-state index contributed by atoms with van der Waals surface area (Å²) in [5.41, 5.74) is 4.54. The molecule has 150 valence electrons. The van der Waals surface area contributed by atoms with E-state index in [1.165, 1.54) is 0 Å². The molecule has 0 spiro atoms. The summed E-state index contributed by atoms with van der Waals surface area (Å²) in [6, 6.07) is 29.5. The van der Waals surface area contributed by atoms with Crippen molar-refractivity contribution in [2.75, 3.05) is 38.1 Å². The number of nitrogens with zero attached hydrogens (tertiary/aromatic N) is 4. The van der Waals surface area contributed by atoms with Crippen molar-refractivity contribution in [3.05, 3.63) is 90.5 Å². The lowest BCUT2D eigenvalue weighted by molar-refractivity contribution is 0.159. The largest absolute Gasteiger partial charge is 0.311 e. The molecule has 0 saturated carbocycles. The van der Waals surface area contributed by atoms with Crippen LogP contribution >= 0.6 is 12.4 Å². The molecule has 29 heavy (non-hydrogen) atoms. The summed E-state index contributed by atoms with van der Waals surface area (Å²) in [4.78, 5) is 4.60. The van der Waals surface area contributed by atoms with Crippen molar-refractivity contribution < 1.29 is 0 Å². The Morgan fingerprint density at radius 2 is 1.17 bits per heavy atom. The van der Waals surface area contributed by atoms with Crippen molar-refractivity contribution in [3.63, 3.8) is 0 Å². The van der Waals surface area contributed by atoms with Crippen molar-refractivity contribution in [3.8, 4) is 0 Å². The predicted molar refractivity (Wildman–Crippen MR) is 125 cm³/mol. The second-order valence-corrected chi connectivity index (χ2v) is 7.10. The number of likely N-dealkylation sites (N-methyl/N-ethyl adjacent to an activating group) is 1. The highest BCUT2D eigenvalue weighted by molar-refractivity contribution is 5.85. The van der Waals surface area contributed by atoms with Crippen LogP contribution in [0.4, 0.5) is 17.1 Å². The molecular formula is C24H27ClN4. The molecule has 3 aromatic rings. The molecule has 0 N–H and O–H groups in total. The number of piperazine rings is 1. The molecule has 0 unspecified atom stereocenters. The van der Waals surface area contributed by atoms with E-state index < -0.39 is 0 Å². The van der Waals surface area contributed by atoms with Gasteiger partial charge in [-0.1, -0.05) is 48.5 Å². The third kappa shape index (κ3) is 5.37. The van der Waals surface area contributed by atoms with Crippen molar-refractivity contribution in [2.45, 2.75) is 0 Å². The van der Waals surface area contributed by atoms with E-state index in [0.717, 1.165) is 48.8 Å². The van der Waals surface area contributed by atoms with E-state index in [1.807, 2.05) is 18.3 Å². The first kappa shape index (κ1) is 20.9. The Morgan fingerprint density at radius 1 is 0.690 bits per heavy atom. The molecule has 1 aliphatic rings. The molecule has 0 aliphatic carbocycles. The summed E-state index contributed by atoms with van der Waals surface area (Å²) >= 11 is 0. The van der Waals surface area contributed by atoms with Gasteiger partial charge < -0.3 is 9.80 Å². The SMILES string of the molecule is CN1CCN(N=Cc2ccc(N(c3ccccc3)c3ccccc3)cc2)CC1.Cl. The van der Waals surface area contributed by atoms with Crippen LogP contribution < -0.4 is 4.90 Å². The number of hydrazone groups is 1. The second-order valence-electron chi connectivity index (χ2n) is 7.10. The summed E-state index contributed by atoms with van der Waals surface area (Å²) in [5, 5.41) is 6.79. The number of para-hydroxylation sites is 2. The van der Waals surface area contributed by atoms with Crippen LogP contribution in [0, 0.1) is 0 Å². The van der Waals surface area contributed by atoms with E-state index in [2.05, 4.69) is 99.8 Å². The molecule has 1 saturated heterocycles. The van der Waals surface area contributed by atoms with Gasteiger partial charge in [0.05, 0.1) is 6.21 Å². The van der Waals surface area contributed by atoms with Crippen molar-refractivity contribution in [1.82, 2.24) is 9.91 Å². The summed E-state index contributed by atoms with van der Waals surface area (Å²) in [7, 11) is 2.16. The molecule has 0 aromatic heterocycles. The molecule has 0 amide bonds. The number of hydrogen-bond acceptors (Lipinski definition) is 4. The smallest absolute Gasteiger partial charge is 0.0542 e. The van der Waals surface area contributed by atoms with Gasteiger partial charge in [-0.3, -0.25) is 5.01 Å². The number of rotatable bonds is 5. The fourth-order valence-corrected chi connectivity index (χ4v) is 3.37. The van der Waals surface area contributed by atoms with Crippen LogP contribution in [0.3, 0.4) is 0 Å². The fraction of sp³-hybridized carbons (Fsp3) is 0.208. The van der Waals surface area contributed by atoms with Crippen LogP contribution in [0.2, 0.25) is 0 Å². The Balaban J connectivity index is 0.00000240. The molecule has 1 aliphatic heterocycles. The Labute approximate surface area is 179 Å². The van der Waals surface area contributed by atoms with Gasteiger partial charge in [-0.2, -0.15) is 5.10 Å². The van der Waals surface area contributed by atoms with Gasteiger partial charge in [-0.05, 0) is 49.0 Å². The number of halogens is 1. The minimum Gasteiger partial charge on any atom is -0.311 e. The van der Waals surface area contributed by atoms with E-state index in [9.17, 15) is 0 Å². The molecule has 1 fully saturated rings. The summed E-state index contributed by atoms with van der Waals surface area (Å²) in [6.07, 6.45) is 1.96. The van der Waals surface area contributed by atoms with Crippen LogP contribution in [-0.4, -0.2) is 49.4 Å². The first-order chi connectivity index (χ1) is 13.8. The average molecular weight is 407 g/mol. The number of hydrogen-bond donors (Lipinski definition) is 0. The van der Waals surface area contributed by atoms with E-state index in [-0.39, 0.29) is 12.4 Å². The van der Waals surface area contributed by atoms with Gasteiger partial charge in [0.15, 0.2) is 0 Å². The first-order valence-electron chi connectivity index (χ1n) is 9.77. The second kappa shape index (κ2) is 10.1. The van der Waals surface area contributed by atoms with Gasteiger partial charge in [0.1, 0.15) is 0 Å². The fourth-order valence-electron chi connectivity index (χ4n) is 3.37. The minimum absolute atomic E-state index is 0. The number of anilines is 3. The zero-order chi connectivity index (χ0) is 19.2. The van der Waals surface area contributed by atoms with Gasteiger partial charge in [0, 0.05) is 43.2 Å². The van der Waals surface area contributed by atoms with E-state index in [1.54, 1.807) is 0 Å². The molecular weight excluding hydrogens is 380 g/mol. The quantitative estimate of drug-likeness (QED) is 0.546. The van der Waals surface area contributed by atoms with Gasteiger partial charge in [0.2, 0.25) is 0 Å². The van der Waals surface area contributed by atoms with Crippen LogP contribution in [0.5, 0.6) is 0 Å². The predicted octanol–water partition coefficient (Wildman–Crippen LogP) is 5.16. The molecule has 5 heteroatoms. The normalized spacial score (nSPS) is 14.6. The third-order valence-corrected chi connectivity index (χ3v) is 5.03. The topological polar surface area (TPSA) is 22.1 Å². The van der Waals surface area contributed by atoms with Crippen LogP contribution in [0.25, 0.3) is 0 Å². The monoisotopic (exact) mass is 406 g/mol. The van der Waals surface area contributed by atoms with Gasteiger partial charge in [-0.15, -0.1) is 12.4 Å². The van der Waals surface area contributed by atoms with Gasteiger partial charge in [-0.25, -0.2) is 0 Å². The summed E-state index contributed by atoms with van der Waals surface area (Å²) < 4.78 is 0. The Kier molecular flexibility index (Phi) is 7.28. The van der Waals surface area contributed by atoms with Gasteiger partial charge >= 0.3 is 0 Å². The van der Waals surface area contributed by atoms with Crippen molar-refractivity contribution >= 4 is 35.7 Å². The summed E-state index contributed by atoms with van der Waals surface area (Å²) in [5.74, 6) is 0. The maximum Gasteiger partial charge on any atom is 0.0542 e. The Bertz CT molecular complexity index is 850. The van der Waals surface area contributed by atoms with E-state index in [4.69, 9.17) is 0 Å². The minimum atomic E-state index is 0. The van der Waals surface area contributed by atoms with Gasteiger partial charge in [0.25, 0.3) is 0 Å². The third-order valence-electron chi connectivity index (χ3n) is 5.03. The molecule has 0 bridgehead atoms. The lowest BCUT2D eigenvalue weighted by Gasteiger charge is -2.30. The zero-order valence-electron chi connectivity index (χ0n) is 16.7. The molecule has 4 nitrogen and oxygen atoms in total. The highest BCUT2D eigenvalue weighted by Crippen LogP contribution is 2.33. The first-order valence-corrected chi connectivity index (χ1v) is 9.77. The highest BCUT2D eigenvalue weighted by atomic mass is 35.5. The van der Waals surface area contributed by atoms with E-state index >= 15 is 0 Å². The van der Waals surface area contributed by atoms with Crippen molar-refractivity contribution in [2.24, 2.45) is 5.10 Å². The molecule has 4 rings (SSSR count). The zero-order valence-corrected chi connectivity index (χ0v) is 17.5. The number of benzene rings is 3. The highest BCUT2D eigenvalue weighted by Gasteiger charge is 2.12. The summed E-state index contributed by atoms with van der Waals surface area (Å²) in [6.45, 7) is 4.11. The maximum absolute atomic E-state index is 4.65. The van der Waals surface area contributed by atoms with Crippen molar-refractivity contribution in [1.29, 1.82) is 0 Å². The van der Waals surface area contributed by atoms with Crippen LogP contribution in [0.15, 0.2) is 90.0 Å². The lowest BCUT2D eigenvalue weighted by Crippen LogP contribution is -2.41. The Morgan fingerprint density at radius 3 is 1.69 bits per heavy atom. The lowest BCUT2D eigenvalue weighted by atomic mass is 10.1. The Hall–Kier alpha value is -2.82. The van der Waals surface area contributed by atoms with Crippen LogP contribution in [-0.2, 0) is 0 Å². The standard InChI is InChI=1S/C24H26N4.ClH/c1-26-16-18-27(19-17-26)25-20-21-12-14-24(15-13-21)28(22-8-4-2-5-9-22)23-10-6-3-7-11-23;/h2-15,20H,16-19H2,1H3;1H.